The Hall–Kier alpha value is -13.1. The summed E-state index contributed by atoms with van der Waals surface area (Å²) in [5.41, 5.74) is 26.2. The second-order valence-electron chi connectivity index (χ2n) is 34.3. The number of nitrogens with two attached hydrogens (primary N) is 4. The van der Waals surface area contributed by atoms with Gasteiger partial charge < -0.3 is 126 Å². The van der Waals surface area contributed by atoms with E-state index in [2.05, 4.69) is 57.8 Å². The zero-order valence-corrected chi connectivity index (χ0v) is 76.3. The van der Waals surface area contributed by atoms with Crippen LogP contribution in [0.3, 0.4) is 0 Å². The number of fused-ring (bicyclic) bond motifs is 5. The molecule has 4 aliphatic heterocycles. The Bertz CT molecular complexity index is 5090. The highest BCUT2D eigenvalue weighted by atomic mass is 32.2. The van der Waals surface area contributed by atoms with Gasteiger partial charge >= 0.3 is 11.9 Å². The van der Waals surface area contributed by atoms with Crippen molar-refractivity contribution in [2.75, 3.05) is 64.9 Å². The summed E-state index contributed by atoms with van der Waals surface area (Å²) in [7, 11) is 2.64. The van der Waals surface area contributed by atoms with Gasteiger partial charge in [0.1, 0.15) is 78.3 Å². The number of piperidine rings is 1. The number of carboxylic acid groups (broad SMARTS) is 2. The van der Waals surface area contributed by atoms with Crippen molar-refractivity contribution < 1.29 is 112 Å². The number of ketones is 1. The molecule has 134 heavy (non-hydrogen) atoms. The fraction of sp³-hybridized carbons (Fsp3) is 0.544. The number of rotatable bonds is 26. The topological polar surface area (TPSA) is 665 Å². The summed E-state index contributed by atoms with van der Waals surface area (Å²) < 4.78 is 0. The molecule has 0 saturated carbocycles. The molecular formula is C90H124N20O23S. The van der Waals surface area contributed by atoms with Crippen LogP contribution in [0.15, 0.2) is 85.2 Å². The predicted octanol–water partition coefficient (Wildman–Crippen LogP) is -2.53. The summed E-state index contributed by atoms with van der Waals surface area (Å²) >= 11 is 0.721. The number of aliphatic hydroxyl groups excluding tert-OH is 1. The number of nitrogens with zero attached hydrogens (tertiary/aromatic N) is 5. The largest absolute Gasteiger partial charge is 0.508 e. The first-order chi connectivity index (χ1) is 63.9. The average molecular weight is 1890 g/mol. The maximum atomic E-state index is 15.8. The number of benzene rings is 3. The van der Waals surface area contributed by atoms with E-state index in [1.165, 1.54) is 43.3 Å². The SMILES string of the molecule is CCCC[C@H]1C(=O)N(C)[C@@H](CCCC)C(=O)N[C@@H](CCC(=O)O)C(=O)N[C@H](C(=O)NCC(N)=O)CSCC(=O)N[C@@H](Cc2ccc(O)cc2)C(=O)N2CCCC[C@H]2C(=O)N[C@@H](CC(N)=O)C(=O)N2CCC[C@H]2C(=O)N[C@@H](CN)C(=O)N[C@@H](CCC(=O)O)C(=O)N2C[C@H](O)C[C@H]2C(=O)N[C@@H](Cc2c[nH]c3ccccc23)C(=O)C[C@@H](CCN)C(=O)N[C@@H](Cc2c[nH]c3ccccc23)C(=O)N1C. The van der Waals surface area contributed by atoms with E-state index in [1.807, 2.05) is 6.92 Å². The van der Waals surface area contributed by atoms with Gasteiger partial charge in [0.15, 0.2) is 5.78 Å². The molecule has 6 heterocycles. The predicted molar refractivity (Wildman–Crippen MR) is 487 cm³/mol. The van der Waals surface area contributed by atoms with Gasteiger partial charge in [0.05, 0.1) is 30.9 Å². The number of amides is 16. The molecule has 0 radical (unpaired) electrons. The number of carbonyl (C=O) groups is 19. The fourth-order valence-electron chi connectivity index (χ4n) is 17.3. The summed E-state index contributed by atoms with van der Waals surface area (Å²) in [6.45, 7) is 1.12. The summed E-state index contributed by atoms with van der Waals surface area (Å²) in [4.78, 5) is 286. The van der Waals surface area contributed by atoms with E-state index in [0.717, 1.165) is 31.4 Å². The average Bonchev–Trinajstić information content (AvgIpc) is 1.57. The molecule has 4 aliphatic rings. The molecule has 0 bridgehead atoms. The maximum absolute atomic E-state index is 15.8. The minimum Gasteiger partial charge on any atom is -0.508 e. The number of likely N-dealkylation sites (N-methyl/N-ethyl adjacent to an activating group) is 2. The number of Topliss-reactive ketones (excluding diaryl/α,β-unsaturated/α-hetero) is 1. The van der Waals surface area contributed by atoms with Crippen LogP contribution in [-0.4, -0.2) is 317 Å². The van der Waals surface area contributed by atoms with Crippen LogP contribution in [-0.2, 0) is 110 Å². The Labute approximate surface area is 777 Å². The number of hydrogen-bond donors (Lipinski definition) is 19. The molecule has 728 valence electrons. The third-order valence-electron chi connectivity index (χ3n) is 24.6. The smallest absolute Gasteiger partial charge is 0.303 e. The first kappa shape index (κ1) is 105. The van der Waals surface area contributed by atoms with E-state index in [-0.39, 0.29) is 89.6 Å². The molecule has 0 unspecified atom stereocenters. The number of aliphatic hydroxyl groups is 1. The van der Waals surface area contributed by atoms with Crippen molar-refractivity contribution in [2.45, 2.75) is 240 Å². The number of para-hydroxylation sites is 2. The minimum atomic E-state index is -1.83. The Balaban J connectivity index is 1.10. The zero-order chi connectivity index (χ0) is 97.7. The summed E-state index contributed by atoms with van der Waals surface area (Å²) in [5, 5.41) is 66.2. The number of phenols is 1. The van der Waals surface area contributed by atoms with Crippen molar-refractivity contribution in [3.8, 4) is 5.75 Å². The first-order valence-corrected chi connectivity index (χ1v) is 46.3. The van der Waals surface area contributed by atoms with Crippen molar-refractivity contribution in [1.82, 2.24) is 82.3 Å². The molecule has 2 aromatic heterocycles. The van der Waals surface area contributed by atoms with Gasteiger partial charge in [-0.3, -0.25) is 91.1 Å². The highest BCUT2D eigenvalue weighted by Crippen LogP contribution is 2.30. The number of H-pyrrole nitrogens is 2. The minimum absolute atomic E-state index is 0.0259. The van der Waals surface area contributed by atoms with Crippen molar-refractivity contribution in [3.05, 3.63) is 102 Å². The van der Waals surface area contributed by atoms with Gasteiger partial charge in [-0.05, 0) is 112 Å². The number of carboxylic acids is 2. The lowest BCUT2D eigenvalue weighted by Crippen LogP contribution is -2.62. The molecule has 44 heteroatoms. The molecule has 5 aromatic rings. The Morgan fingerprint density at radius 1 is 0.500 bits per heavy atom. The second-order valence-corrected chi connectivity index (χ2v) is 35.3. The molecule has 9 rings (SSSR count). The van der Waals surface area contributed by atoms with E-state index in [0.29, 0.717) is 70.6 Å². The highest BCUT2D eigenvalue weighted by molar-refractivity contribution is 8.00. The third-order valence-corrected chi connectivity index (χ3v) is 25.6. The molecule has 0 spiro atoms. The summed E-state index contributed by atoms with van der Waals surface area (Å²) in [5.74, 6) is -21.9. The van der Waals surface area contributed by atoms with Crippen molar-refractivity contribution in [1.29, 1.82) is 0 Å². The molecule has 0 aliphatic carbocycles. The molecule has 15 atom stereocenters. The number of phenolic OH excluding ortho intramolecular Hbond substituents is 1. The lowest BCUT2D eigenvalue weighted by Gasteiger charge is -2.38. The van der Waals surface area contributed by atoms with Crippen molar-refractivity contribution >= 4 is 146 Å². The molecule has 4 fully saturated rings. The first-order valence-electron chi connectivity index (χ1n) is 45.2. The standard InChI is InChI=1S/C90H124N20O23S/c1-5-7-20-67-82(125)99-59(28-30-76(117)118)80(123)105-66(79(122)97-45-74(94)115)47-134-48-75(116)98-62(36-49-24-26-53(111)27-25-49)88(131)108-34-14-13-22-68(108)83(126)103-64(41-73(93)114)89(132)109-35-15-23-69(109)84(127)104-65(42-92)81(124)100-60(29-31-77(119)120)87(130)110-46-54(112)40-71(110)85(128)101-61(37-51-43-95-57-18-11-9-16-55(51)57)72(113)39-50(32-33-91)78(121)102-63(38-52-44-96-58-19-12-10-17-56(52)58)86(129)107(4)70(21-8-6-2)90(133)106(67)3/h9-12,16-19,24-27,43-44,50,54,59-71,95-96,111-112H,5-8,13-15,20-23,28-42,45-48,91-92H2,1-4H3,(H2,93,114)(H2,94,115)(H,97,122)(H,98,116)(H,99,125)(H,100,124)(H,101,128)(H,102,121)(H,103,126)(H,104,127)(H,105,123)(H,117,118)(H,119,120)/t50-,54-,59+,60+,61+,62+,63+,64+,65+,66+,67+,68+,69+,70+,71+/m1/s1. The quantitative estimate of drug-likeness (QED) is 0.0271. The van der Waals surface area contributed by atoms with Crippen LogP contribution in [0.25, 0.3) is 21.8 Å². The Morgan fingerprint density at radius 3 is 1.60 bits per heavy atom. The molecular weight excluding hydrogens is 1760 g/mol. The van der Waals surface area contributed by atoms with Gasteiger partial charge in [0.25, 0.3) is 0 Å². The van der Waals surface area contributed by atoms with Crippen LogP contribution in [0.4, 0.5) is 0 Å². The summed E-state index contributed by atoms with van der Waals surface area (Å²) in [6.07, 6.45) is -1.83. The number of aromatic hydroxyl groups is 1. The number of aliphatic carboxylic acids is 2. The van der Waals surface area contributed by atoms with Gasteiger partial charge in [-0.15, -0.1) is 11.8 Å². The third kappa shape index (κ3) is 28.7. The van der Waals surface area contributed by atoms with Gasteiger partial charge in [0.2, 0.25) is 94.5 Å². The van der Waals surface area contributed by atoms with Crippen LogP contribution >= 0.6 is 11.8 Å². The van der Waals surface area contributed by atoms with E-state index in [1.54, 1.807) is 67.8 Å². The lowest BCUT2D eigenvalue weighted by molar-refractivity contribution is -0.149. The van der Waals surface area contributed by atoms with E-state index >= 15 is 38.4 Å². The monoisotopic (exact) mass is 1880 g/mol. The van der Waals surface area contributed by atoms with Crippen LogP contribution in [0.2, 0.25) is 0 Å². The fourth-order valence-corrected chi connectivity index (χ4v) is 18.2. The number of nitrogens with one attached hydrogen (secondary N) is 11. The summed E-state index contributed by atoms with van der Waals surface area (Å²) in [6, 6.07) is -1.17. The number of thioether (sulfide) groups is 1. The van der Waals surface area contributed by atoms with E-state index in [9.17, 15) is 73.2 Å². The highest BCUT2D eigenvalue weighted by Gasteiger charge is 2.47. The number of unbranched alkanes of at least 4 members (excludes halogenated alkanes) is 2. The van der Waals surface area contributed by atoms with Gasteiger partial charge in [0, 0.05) is 131 Å². The van der Waals surface area contributed by atoms with Crippen LogP contribution < -0.4 is 70.8 Å². The molecule has 4 saturated heterocycles. The number of primary amides is 2. The van der Waals surface area contributed by atoms with Gasteiger partial charge in [-0.25, -0.2) is 0 Å². The Kier molecular flexibility index (Phi) is 39.1. The maximum Gasteiger partial charge on any atom is 0.303 e. The number of aromatic nitrogens is 2. The normalized spacial score (nSPS) is 25.4. The van der Waals surface area contributed by atoms with Crippen molar-refractivity contribution in [2.24, 2.45) is 28.9 Å². The van der Waals surface area contributed by atoms with Crippen LogP contribution in [0.1, 0.15) is 153 Å². The van der Waals surface area contributed by atoms with Crippen molar-refractivity contribution in [3.63, 3.8) is 0 Å². The van der Waals surface area contributed by atoms with Gasteiger partial charge in [-0.1, -0.05) is 88.1 Å². The molecule has 23 N–H and O–H groups in total. The molecule has 43 nitrogen and oxygen atoms in total. The molecule has 16 amide bonds. The Morgan fingerprint density at radius 2 is 1.01 bits per heavy atom. The number of hydrogen-bond acceptors (Lipinski definition) is 24. The molecule has 3 aromatic carbocycles. The number of carbonyl (C=O) groups excluding carboxylic acids is 17. The lowest BCUT2D eigenvalue weighted by atomic mass is 9.91. The van der Waals surface area contributed by atoms with Crippen LogP contribution in [0.5, 0.6) is 5.75 Å². The van der Waals surface area contributed by atoms with E-state index < -0.39 is 279 Å². The second kappa shape index (κ2) is 50.1. The number of aromatic amines is 2. The van der Waals surface area contributed by atoms with Crippen LogP contribution in [0, 0.1) is 5.92 Å². The van der Waals surface area contributed by atoms with Gasteiger partial charge in [-0.2, -0.15) is 0 Å². The van der Waals surface area contributed by atoms with E-state index in [4.69, 9.17) is 22.9 Å². The zero-order valence-electron chi connectivity index (χ0n) is 75.5.